The lowest BCUT2D eigenvalue weighted by Crippen LogP contribution is -2.43. The molecule has 1 aliphatic rings. The molecule has 4 rings (SSSR count). The van der Waals surface area contributed by atoms with E-state index in [2.05, 4.69) is 10.2 Å². The van der Waals surface area contributed by atoms with Gasteiger partial charge in [-0.25, -0.2) is 0 Å². The molecule has 0 radical (unpaired) electrons. The Morgan fingerprint density at radius 2 is 1.66 bits per heavy atom. The molecule has 1 fully saturated rings. The zero-order valence-electron chi connectivity index (χ0n) is 25.5. The fourth-order valence-corrected chi connectivity index (χ4v) is 5.42. The van der Waals surface area contributed by atoms with Gasteiger partial charge >= 0.3 is 5.97 Å². The summed E-state index contributed by atoms with van der Waals surface area (Å²) in [6.07, 6.45) is 1.06. The van der Waals surface area contributed by atoms with E-state index in [0.717, 1.165) is 22.3 Å². The van der Waals surface area contributed by atoms with Crippen molar-refractivity contribution in [3.05, 3.63) is 101 Å². The SMILES string of the molecule is C[C@@H]([C@H](O)c1ccccc1)N(C)C[C@@H]1C[C@H](c2ccc(CO)cc2)O[C@H](c2cccc(NC(=O)CCCCCC(=O)O)c2)O1. The van der Waals surface area contributed by atoms with Gasteiger partial charge < -0.3 is 30.1 Å². The van der Waals surface area contributed by atoms with Gasteiger partial charge in [-0.1, -0.05) is 73.2 Å². The van der Waals surface area contributed by atoms with Crippen LogP contribution in [-0.4, -0.2) is 57.8 Å². The maximum Gasteiger partial charge on any atom is 0.303 e. The number of carboxylic acids is 1. The van der Waals surface area contributed by atoms with Crippen molar-refractivity contribution in [2.75, 3.05) is 18.9 Å². The second-order valence-corrected chi connectivity index (χ2v) is 11.5. The average Bonchev–Trinajstić information content (AvgIpc) is 3.04. The van der Waals surface area contributed by atoms with Crippen molar-refractivity contribution in [3.8, 4) is 0 Å². The third kappa shape index (κ3) is 9.70. The first kappa shape index (κ1) is 33.3. The Labute approximate surface area is 259 Å². The maximum atomic E-state index is 12.5. The van der Waals surface area contributed by atoms with E-state index in [-0.39, 0.29) is 37.2 Å². The number of likely N-dealkylation sites (N-methyl/N-ethyl adjacent to an activating group) is 1. The molecular weight excluding hydrogens is 560 g/mol. The van der Waals surface area contributed by atoms with E-state index in [0.29, 0.717) is 44.3 Å². The first-order chi connectivity index (χ1) is 21.2. The number of aliphatic hydroxyl groups is 2. The topological polar surface area (TPSA) is 129 Å². The molecule has 1 aliphatic heterocycles. The van der Waals surface area contributed by atoms with Crippen molar-refractivity contribution in [1.29, 1.82) is 0 Å². The molecule has 3 aromatic carbocycles. The highest BCUT2D eigenvalue weighted by Gasteiger charge is 2.34. The molecular formula is C35H44N2O7. The third-order valence-corrected chi connectivity index (χ3v) is 8.14. The normalized spacial score (nSPS) is 19.8. The number of rotatable bonds is 15. The molecule has 0 aromatic heterocycles. The van der Waals surface area contributed by atoms with Gasteiger partial charge in [-0.3, -0.25) is 14.5 Å². The van der Waals surface area contributed by atoms with Crippen LogP contribution in [0.1, 0.15) is 86.2 Å². The number of nitrogens with zero attached hydrogens (tertiary/aromatic N) is 1. The Balaban J connectivity index is 1.45. The predicted octanol–water partition coefficient (Wildman–Crippen LogP) is 5.75. The Morgan fingerprint density at radius 3 is 2.36 bits per heavy atom. The van der Waals surface area contributed by atoms with Crippen molar-refractivity contribution in [2.45, 2.75) is 82.7 Å². The molecule has 3 aromatic rings. The number of benzene rings is 3. The minimum atomic E-state index is -0.823. The van der Waals surface area contributed by atoms with Crippen LogP contribution in [0.2, 0.25) is 0 Å². The fourth-order valence-electron chi connectivity index (χ4n) is 5.42. The fraction of sp³-hybridized carbons (Fsp3) is 0.429. The number of carboxylic acid groups (broad SMARTS) is 1. The zero-order chi connectivity index (χ0) is 31.5. The number of amides is 1. The van der Waals surface area contributed by atoms with Gasteiger partial charge in [0.25, 0.3) is 0 Å². The van der Waals surface area contributed by atoms with Crippen LogP contribution in [-0.2, 0) is 25.7 Å². The van der Waals surface area contributed by atoms with Crippen LogP contribution in [0.4, 0.5) is 5.69 Å². The highest BCUT2D eigenvalue weighted by Crippen LogP contribution is 2.39. The first-order valence-corrected chi connectivity index (χ1v) is 15.3. The van der Waals surface area contributed by atoms with Crippen LogP contribution < -0.4 is 5.32 Å². The summed E-state index contributed by atoms with van der Waals surface area (Å²) in [5.74, 6) is -0.953. The van der Waals surface area contributed by atoms with Crippen molar-refractivity contribution < 1.29 is 34.4 Å². The molecule has 0 bridgehead atoms. The van der Waals surface area contributed by atoms with E-state index >= 15 is 0 Å². The number of carbonyl (C=O) groups is 2. The van der Waals surface area contributed by atoms with Crippen LogP contribution in [0.15, 0.2) is 78.9 Å². The molecule has 9 heteroatoms. The molecule has 236 valence electrons. The Bertz CT molecular complexity index is 1330. The molecule has 1 amide bonds. The molecule has 0 aliphatic carbocycles. The second kappa shape index (κ2) is 16.5. The molecule has 1 heterocycles. The summed E-state index contributed by atoms with van der Waals surface area (Å²) in [5.41, 5.74) is 4.06. The third-order valence-electron chi connectivity index (χ3n) is 8.14. The maximum absolute atomic E-state index is 12.5. The van der Waals surface area contributed by atoms with E-state index in [4.69, 9.17) is 14.6 Å². The number of aliphatic hydroxyl groups excluding tert-OH is 2. The number of unbranched alkanes of at least 4 members (excludes halogenated alkanes) is 2. The minimum Gasteiger partial charge on any atom is -0.481 e. The number of anilines is 1. The summed E-state index contributed by atoms with van der Waals surface area (Å²) < 4.78 is 13.0. The lowest BCUT2D eigenvalue weighted by Gasteiger charge is -2.39. The molecule has 44 heavy (non-hydrogen) atoms. The molecule has 0 unspecified atom stereocenters. The van der Waals surface area contributed by atoms with Gasteiger partial charge in [0.05, 0.1) is 24.9 Å². The van der Waals surface area contributed by atoms with E-state index in [1.165, 1.54) is 0 Å². The quantitative estimate of drug-likeness (QED) is 0.162. The van der Waals surface area contributed by atoms with Crippen LogP contribution in [0.25, 0.3) is 0 Å². The van der Waals surface area contributed by atoms with Gasteiger partial charge in [0, 0.05) is 43.1 Å². The lowest BCUT2D eigenvalue weighted by molar-refractivity contribution is -0.253. The van der Waals surface area contributed by atoms with Gasteiger partial charge in [0.15, 0.2) is 6.29 Å². The minimum absolute atomic E-state index is 0.0343. The van der Waals surface area contributed by atoms with Crippen LogP contribution in [0.3, 0.4) is 0 Å². The highest BCUT2D eigenvalue weighted by molar-refractivity contribution is 5.90. The van der Waals surface area contributed by atoms with Crippen molar-refractivity contribution in [3.63, 3.8) is 0 Å². The highest BCUT2D eigenvalue weighted by atomic mass is 16.7. The molecule has 1 saturated heterocycles. The Kier molecular flexibility index (Phi) is 12.5. The van der Waals surface area contributed by atoms with Gasteiger partial charge in [-0.2, -0.15) is 0 Å². The number of carbonyl (C=O) groups excluding carboxylic acids is 1. The Hall–Kier alpha value is -3.60. The molecule has 0 spiro atoms. The smallest absolute Gasteiger partial charge is 0.303 e. The summed E-state index contributed by atoms with van der Waals surface area (Å²) in [6.45, 7) is 2.53. The largest absolute Gasteiger partial charge is 0.481 e. The molecule has 4 N–H and O–H groups in total. The van der Waals surface area contributed by atoms with Crippen molar-refractivity contribution in [1.82, 2.24) is 4.90 Å². The van der Waals surface area contributed by atoms with Gasteiger partial charge in [-0.05, 0) is 55.6 Å². The molecule has 5 atom stereocenters. The van der Waals surface area contributed by atoms with E-state index < -0.39 is 18.4 Å². The van der Waals surface area contributed by atoms with Crippen LogP contribution in [0, 0.1) is 0 Å². The summed E-state index contributed by atoms with van der Waals surface area (Å²) in [4.78, 5) is 25.3. The van der Waals surface area contributed by atoms with E-state index in [9.17, 15) is 19.8 Å². The monoisotopic (exact) mass is 604 g/mol. The van der Waals surface area contributed by atoms with E-state index in [1.807, 2.05) is 92.8 Å². The lowest BCUT2D eigenvalue weighted by atomic mass is 9.98. The number of ether oxygens (including phenoxy) is 2. The summed E-state index contributed by atoms with van der Waals surface area (Å²) in [5, 5.41) is 32.2. The van der Waals surface area contributed by atoms with Crippen molar-refractivity contribution in [2.24, 2.45) is 0 Å². The number of aliphatic carboxylic acids is 1. The van der Waals surface area contributed by atoms with Gasteiger partial charge in [-0.15, -0.1) is 0 Å². The predicted molar refractivity (Wildman–Crippen MR) is 168 cm³/mol. The number of hydrogen-bond donors (Lipinski definition) is 4. The second-order valence-electron chi connectivity index (χ2n) is 11.5. The average molecular weight is 605 g/mol. The Morgan fingerprint density at radius 1 is 0.932 bits per heavy atom. The number of hydrogen-bond acceptors (Lipinski definition) is 7. The zero-order valence-corrected chi connectivity index (χ0v) is 25.5. The van der Waals surface area contributed by atoms with Crippen LogP contribution >= 0.6 is 0 Å². The number of nitrogens with one attached hydrogen (secondary N) is 1. The van der Waals surface area contributed by atoms with E-state index in [1.54, 1.807) is 0 Å². The van der Waals surface area contributed by atoms with Gasteiger partial charge in [0.1, 0.15) is 0 Å². The summed E-state index contributed by atoms with van der Waals surface area (Å²) >= 11 is 0. The van der Waals surface area contributed by atoms with Gasteiger partial charge in [0.2, 0.25) is 5.91 Å². The first-order valence-electron chi connectivity index (χ1n) is 15.3. The molecule has 9 nitrogen and oxygen atoms in total. The standard InChI is InChI=1S/C35H44N2O7/c1-24(34(42)27-10-5-3-6-11-27)37(2)22-30-21-31(26-18-16-25(23-38)17-19-26)44-35(43-30)28-12-9-13-29(20-28)36-32(39)14-7-4-8-15-33(40)41/h3,5-6,9-13,16-20,24,30-31,34-35,38,42H,4,7-8,14-15,21-23H2,1-2H3,(H,36,39)(H,40,41)/t24-,30-,31+,34-,35+/m0/s1. The summed E-state index contributed by atoms with van der Waals surface area (Å²) in [6, 6.07) is 24.6. The van der Waals surface area contributed by atoms with Crippen LogP contribution in [0.5, 0.6) is 0 Å². The summed E-state index contributed by atoms with van der Waals surface area (Å²) in [7, 11) is 1.98. The molecule has 0 saturated carbocycles. The van der Waals surface area contributed by atoms with Crippen molar-refractivity contribution >= 4 is 17.6 Å².